The highest BCUT2D eigenvalue weighted by Crippen LogP contribution is 2.33. The lowest BCUT2D eigenvalue weighted by molar-refractivity contribution is 0.579. The molecule has 1 saturated carbocycles. The van der Waals surface area contributed by atoms with E-state index in [1.165, 1.54) is 0 Å². The van der Waals surface area contributed by atoms with Crippen LogP contribution in [0.1, 0.15) is 38.3 Å². The molecular weight excluding hydrogens is 188 g/mol. The fourth-order valence-electron chi connectivity index (χ4n) is 1.65. The highest BCUT2D eigenvalue weighted by molar-refractivity contribution is 5.12. The van der Waals surface area contributed by atoms with Crippen LogP contribution >= 0.6 is 0 Å². The molecule has 1 aliphatic carbocycles. The largest absolute Gasteiger partial charge is 0.312 e. The first-order chi connectivity index (χ1) is 7.18. The molecule has 3 nitrogen and oxygen atoms in total. The van der Waals surface area contributed by atoms with Gasteiger partial charge in [-0.25, -0.2) is 0 Å². The molecule has 1 aromatic rings. The van der Waals surface area contributed by atoms with Gasteiger partial charge in [-0.3, -0.25) is 4.79 Å². The van der Waals surface area contributed by atoms with Gasteiger partial charge in [0.25, 0.3) is 5.56 Å². The minimum Gasteiger partial charge on any atom is -0.312 e. The quantitative estimate of drug-likeness (QED) is 0.813. The van der Waals surface area contributed by atoms with Crippen molar-refractivity contribution in [2.24, 2.45) is 0 Å². The highest BCUT2D eigenvalue weighted by atomic mass is 16.1. The topological polar surface area (TPSA) is 34.0 Å². The Morgan fingerprint density at radius 3 is 2.87 bits per heavy atom. The zero-order valence-electron chi connectivity index (χ0n) is 9.36. The summed E-state index contributed by atoms with van der Waals surface area (Å²) < 4.78 is 1.87. The van der Waals surface area contributed by atoms with Gasteiger partial charge < -0.3 is 9.88 Å². The third-order valence-corrected chi connectivity index (χ3v) is 2.69. The molecule has 0 unspecified atom stereocenters. The molecule has 0 saturated heterocycles. The Labute approximate surface area is 90.1 Å². The fraction of sp³-hybridized carbons (Fsp3) is 0.583. The fourth-order valence-corrected chi connectivity index (χ4v) is 1.65. The molecule has 1 heterocycles. The number of hydrogen-bond donors (Lipinski definition) is 1. The second kappa shape index (κ2) is 4.19. The highest BCUT2D eigenvalue weighted by Gasteiger charge is 2.24. The van der Waals surface area contributed by atoms with Crippen molar-refractivity contribution in [1.82, 2.24) is 9.88 Å². The summed E-state index contributed by atoms with van der Waals surface area (Å²) in [6.45, 7) is 4.84. The average molecular weight is 206 g/mol. The van der Waals surface area contributed by atoms with Crippen LogP contribution in [0.25, 0.3) is 0 Å². The van der Waals surface area contributed by atoms with Gasteiger partial charge in [-0.1, -0.05) is 19.9 Å². The van der Waals surface area contributed by atoms with Gasteiger partial charge in [0.2, 0.25) is 0 Å². The number of rotatable bonds is 4. The van der Waals surface area contributed by atoms with E-state index in [4.69, 9.17) is 0 Å². The van der Waals surface area contributed by atoms with Crippen molar-refractivity contribution < 1.29 is 0 Å². The van der Waals surface area contributed by atoms with Crippen molar-refractivity contribution in [3.8, 4) is 0 Å². The van der Waals surface area contributed by atoms with E-state index in [0.29, 0.717) is 18.6 Å². The average Bonchev–Trinajstić information content (AvgIpc) is 2.99. The minimum absolute atomic E-state index is 0.174. The minimum atomic E-state index is 0.174. The number of nitrogens with one attached hydrogen (secondary N) is 1. The van der Waals surface area contributed by atoms with E-state index < -0.39 is 0 Å². The molecule has 1 fully saturated rings. The molecule has 0 spiro atoms. The number of nitrogens with zero attached hydrogens (tertiary/aromatic N) is 1. The predicted molar refractivity (Wildman–Crippen MR) is 60.9 cm³/mol. The molecule has 0 bridgehead atoms. The van der Waals surface area contributed by atoms with E-state index in [2.05, 4.69) is 19.2 Å². The molecular formula is C12H18N2O. The van der Waals surface area contributed by atoms with Crippen molar-refractivity contribution in [2.75, 3.05) is 0 Å². The third-order valence-electron chi connectivity index (χ3n) is 2.69. The number of hydrogen-bond acceptors (Lipinski definition) is 2. The second-order valence-corrected chi connectivity index (χ2v) is 4.51. The molecule has 0 amide bonds. The van der Waals surface area contributed by atoms with Crippen molar-refractivity contribution in [3.05, 3.63) is 34.2 Å². The Balaban J connectivity index is 2.16. The summed E-state index contributed by atoms with van der Waals surface area (Å²) in [6, 6.07) is 4.77. The molecule has 1 aromatic heterocycles. The van der Waals surface area contributed by atoms with Gasteiger partial charge in [-0.15, -0.1) is 0 Å². The first-order valence-electron chi connectivity index (χ1n) is 5.62. The van der Waals surface area contributed by atoms with Crippen molar-refractivity contribution in [1.29, 1.82) is 0 Å². The Bertz CT molecular complexity index is 391. The summed E-state index contributed by atoms with van der Waals surface area (Å²) in [5, 5.41) is 3.28. The third kappa shape index (κ3) is 2.48. The van der Waals surface area contributed by atoms with Crippen molar-refractivity contribution in [2.45, 2.75) is 45.3 Å². The lowest BCUT2D eigenvalue weighted by atomic mass is 10.2. The molecule has 0 atom stereocenters. The molecule has 0 radical (unpaired) electrons. The summed E-state index contributed by atoms with van der Waals surface area (Å²) >= 11 is 0. The number of pyridine rings is 1. The van der Waals surface area contributed by atoms with E-state index in [1.807, 2.05) is 22.9 Å². The Morgan fingerprint density at radius 1 is 1.53 bits per heavy atom. The van der Waals surface area contributed by atoms with E-state index in [-0.39, 0.29) is 5.56 Å². The molecule has 1 N–H and O–H groups in total. The van der Waals surface area contributed by atoms with Crippen LogP contribution in [0.2, 0.25) is 0 Å². The van der Waals surface area contributed by atoms with Crippen LogP contribution in [-0.2, 0) is 6.54 Å². The second-order valence-electron chi connectivity index (χ2n) is 4.51. The SMILES string of the molecule is CC(C)NCc1cccn(C2CC2)c1=O. The zero-order chi connectivity index (χ0) is 10.8. The van der Waals surface area contributed by atoms with Gasteiger partial charge >= 0.3 is 0 Å². The number of aromatic nitrogens is 1. The normalized spacial score (nSPS) is 15.9. The molecule has 3 heteroatoms. The summed E-state index contributed by atoms with van der Waals surface area (Å²) in [7, 11) is 0. The summed E-state index contributed by atoms with van der Waals surface area (Å²) in [5.74, 6) is 0. The smallest absolute Gasteiger partial charge is 0.255 e. The Kier molecular flexibility index (Phi) is 2.91. The van der Waals surface area contributed by atoms with Crippen LogP contribution in [0.4, 0.5) is 0 Å². The molecule has 2 rings (SSSR count). The predicted octanol–water partition coefficient (Wildman–Crippen LogP) is 1.68. The first-order valence-corrected chi connectivity index (χ1v) is 5.62. The molecule has 15 heavy (non-hydrogen) atoms. The maximum absolute atomic E-state index is 12.0. The first kappa shape index (κ1) is 10.4. The van der Waals surface area contributed by atoms with E-state index in [0.717, 1.165) is 18.4 Å². The molecule has 0 aromatic carbocycles. The monoisotopic (exact) mass is 206 g/mol. The van der Waals surface area contributed by atoms with Crippen LogP contribution < -0.4 is 10.9 Å². The summed E-state index contributed by atoms with van der Waals surface area (Å²) in [6.07, 6.45) is 4.21. The Hall–Kier alpha value is -1.09. The van der Waals surface area contributed by atoms with Gasteiger partial charge in [0.15, 0.2) is 0 Å². The molecule has 1 aliphatic rings. The van der Waals surface area contributed by atoms with Gasteiger partial charge in [0, 0.05) is 30.4 Å². The van der Waals surface area contributed by atoms with E-state index in [1.54, 1.807) is 0 Å². The van der Waals surface area contributed by atoms with Crippen molar-refractivity contribution >= 4 is 0 Å². The lowest BCUT2D eigenvalue weighted by Crippen LogP contribution is -2.29. The standard InChI is InChI=1S/C12H18N2O/c1-9(2)13-8-10-4-3-7-14(12(10)15)11-5-6-11/h3-4,7,9,11,13H,5-6,8H2,1-2H3. The van der Waals surface area contributed by atoms with Crippen LogP contribution in [0.15, 0.2) is 23.1 Å². The van der Waals surface area contributed by atoms with E-state index >= 15 is 0 Å². The van der Waals surface area contributed by atoms with Gasteiger partial charge in [0.05, 0.1) is 0 Å². The maximum Gasteiger partial charge on any atom is 0.255 e. The molecule has 82 valence electrons. The van der Waals surface area contributed by atoms with Crippen molar-refractivity contribution in [3.63, 3.8) is 0 Å². The maximum atomic E-state index is 12.0. The van der Waals surface area contributed by atoms with Gasteiger partial charge in [-0.05, 0) is 18.9 Å². The summed E-state index contributed by atoms with van der Waals surface area (Å²) in [5.41, 5.74) is 1.05. The lowest BCUT2D eigenvalue weighted by Gasteiger charge is -2.09. The Morgan fingerprint density at radius 2 is 2.27 bits per heavy atom. The van der Waals surface area contributed by atoms with Crippen LogP contribution in [0, 0.1) is 0 Å². The van der Waals surface area contributed by atoms with Crippen LogP contribution in [0.5, 0.6) is 0 Å². The molecule has 0 aliphatic heterocycles. The van der Waals surface area contributed by atoms with Gasteiger partial charge in [-0.2, -0.15) is 0 Å². The van der Waals surface area contributed by atoms with Crippen LogP contribution in [-0.4, -0.2) is 10.6 Å². The zero-order valence-corrected chi connectivity index (χ0v) is 9.36. The van der Waals surface area contributed by atoms with Crippen LogP contribution in [0.3, 0.4) is 0 Å². The van der Waals surface area contributed by atoms with Gasteiger partial charge in [0.1, 0.15) is 0 Å². The summed E-state index contributed by atoms with van der Waals surface area (Å²) in [4.78, 5) is 12.0. The van der Waals surface area contributed by atoms with E-state index in [9.17, 15) is 4.79 Å².